The fourth-order valence-electron chi connectivity index (χ4n) is 2.42. The first-order chi connectivity index (χ1) is 9.41. The summed E-state index contributed by atoms with van der Waals surface area (Å²) in [6.07, 6.45) is 1.09. The van der Waals surface area contributed by atoms with E-state index in [0.717, 1.165) is 0 Å². The molecule has 20 heavy (non-hydrogen) atoms. The summed E-state index contributed by atoms with van der Waals surface area (Å²) in [5.41, 5.74) is 5.22. The molecule has 6 heteroatoms. The average Bonchev–Trinajstić information content (AvgIpc) is 2.38. The molecule has 1 saturated heterocycles. The van der Waals surface area contributed by atoms with Gasteiger partial charge in [-0.2, -0.15) is 0 Å². The number of nitrogen functional groups attached to an aromatic ring is 1. The molecule has 110 valence electrons. The van der Waals surface area contributed by atoms with Crippen LogP contribution in [0.5, 0.6) is 0 Å². The van der Waals surface area contributed by atoms with Crippen LogP contribution in [-0.2, 0) is 4.74 Å². The molecule has 0 spiro atoms. The third kappa shape index (κ3) is 3.26. The SMILES string of the molecule is CN(CC1(O)CCOCC1)c1ccc(C(=N)N)cc1F. The second kappa shape index (κ2) is 5.76. The summed E-state index contributed by atoms with van der Waals surface area (Å²) in [7, 11) is 1.74. The molecule has 0 radical (unpaired) electrons. The van der Waals surface area contributed by atoms with E-state index in [2.05, 4.69) is 0 Å². The number of nitrogens with zero attached hydrogens (tertiary/aromatic N) is 1. The molecule has 1 aromatic rings. The molecule has 0 atom stereocenters. The molecule has 2 rings (SSSR count). The van der Waals surface area contributed by atoms with Crippen molar-refractivity contribution in [2.75, 3.05) is 31.7 Å². The number of anilines is 1. The van der Waals surface area contributed by atoms with Gasteiger partial charge in [0.05, 0.1) is 11.3 Å². The maximum absolute atomic E-state index is 14.0. The summed E-state index contributed by atoms with van der Waals surface area (Å²) in [5, 5.41) is 17.7. The van der Waals surface area contributed by atoms with Gasteiger partial charge in [0.25, 0.3) is 0 Å². The minimum Gasteiger partial charge on any atom is -0.388 e. The zero-order valence-corrected chi connectivity index (χ0v) is 11.5. The molecule has 1 fully saturated rings. The van der Waals surface area contributed by atoms with Crippen LogP contribution >= 0.6 is 0 Å². The second-order valence-corrected chi connectivity index (χ2v) is 5.27. The van der Waals surface area contributed by atoms with Crippen LogP contribution in [0.1, 0.15) is 18.4 Å². The summed E-state index contributed by atoms with van der Waals surface area (Å²) in [5.74, 6) is -0.614. The van der Waals surface area contributed by atoms with Crippen molar-refractivity contribution in [1.29, 1.82) is 5.41 Å². The third-order valence-corrected chi connectivity index (χ3v) is 3.62. The van der Waals surface area contributed by atoms with E-state index in [-0.39, 0.29) is 5.84 Å². The molecule has 0 bridgehead atoms. The molecule has 0 amide bonds. The van der Waals surface area contributed by atoms with Crippen molar-refractivity contribution >= 4 is 11.5 Å². The highest BCUT2D eigenvalue weighted by Gasteiger charge is 2.31. The van der Waals surface area contributed by atoms with Crippen LogP contribution < -0.4 is 10.6 Å². The highest BCUT2D eigenvalue weighted by Crippen LogP contribution is 2.26. The van der Waals surface area contributed by atoms with Crippen molar-refractivity contribution < 1.29 is 14.2 Å². The summed E-state index contributed by atoms with van der Waals surface area (Å²) >= 11 is 0. The van der Waals surface area contributed by atoms with Gasteiger partial charge in [0, 0.05) is 45.2 Å². The summed E-state index contributed by atoms with van der Waals surface area (Å²) in [4.78, 5) is 1.69. The van der Waals surface area contributed by atoms with Gasteiger partial charge in [-0.15, -0.1) is 0 Å². The summed E-state index contributed by atoms with van der Waals surface area (Å²) in [6.45, 7) is 1.39. The maximum atomic E-state index is 14.0. The lowest BCUT2D eigenvalue weighted by Gasteiger charge is -2.36. The Hall–Kier alpha value is -1.66. The summed E-state index contributed by atoms with van der Waals surface area (Å²) < 4.78 is 19.3. The lowest BCUT2D eigenvalue weighted by Crippen LogP contribution is -2.46. The van der Waals surface area contributed by atoms with Gasteiger partial charge in [-0.05, 0) is 18.2 Å². The van der Waals surface area contributed by atoms with Crippen LogP contribution in [0.3, 0.4) is 0 Å². The fraction of sp³-hybridized carbons (Fsp3) is 0.500. The number of likely N-dealkylation sites (N-methyl/N-ethyl adjacent to an activating group) is 1. The third-order valence-electron chi connectivity index (χ3n) is 3.62. The van der Waals surface area contributed by atoms with E-state index in [9.17, 15) is 9.50 Å². The zero-order chi connectivity index (χ0) is 14.8. The van der Waals surface area contributed by atoms with E-state index >= 15 is 0 Å². The monoisotopic (exact) mass is 281 g/mol. The predicted octanol–water partition coefficient (Wildman–Crippen LogP) is 1.09. The van der Waals surface area contributed by atoms with Gasteiger partial charge in [-0.25, -0.2) is 4.39 Å². The van der Waals surface area contributed by atoms with Crippen LogP contribution in [0.2, 0.25) is 0 Å². The Labute approximate surface area is 117 Å². The normalized spacial score (nSPS) is 17.8. The Balaban J connectivity index is 2.12. The van der Waals surface area contributed by atoms with Gasteiger partial charge in [0.2, 0.25) is 0 Å². The molecule has 5 nitrogen and oxygen atoms in total. The van der Waals surface area contributed by atoms with Gasteiger partial charge in [-0.1, -0.05) is 0 Å². The van der Waals surface area contributed by atoms with Crippen molar-refractivity contribution in [2.24, 2.45) is 5.73 Å². The number of nitrogens with two attached hydrogens (primary N) is 1. The molecular weight excluding hydrogens is 261 g/mol. The average molecular weight is 281 g/mol. The number of halogens is 1. The predicted molar refractivity (Wildman–Crippen MR) is 75.7 cm³/mol. The van der Waals surface area contributed by atoms with E-state index < -0.39 is 11.4 Å². The first kappa shape index (κ1) is 14.7. The number of amidine groups is 1. The molecule has 1 aliphatic rings. The van der Waals surface area contributed by atoms with Crippen LogP contribution in [-0.4, -0.2) is 43.3 Å². The van der Waals surface area contributed by atoms with Gasteiger partial charge >= 0.3 is 0 Å². The van der Waals surface area contributed by atoms with Crippen LogP contribution in [0.4, 0.5) is 10.1 Å². The lowest BCUT2D eigenvalue weighted by molar-refractivity contribution is -0.0573. The first-order valence-electron chi connectivity index (χ1n) is 6.56. The second-order valence-electron chi connectivity index (χ2n) is 5.27. The Kier molecular flexibility index (Phi) is 4.25. The van der Waals surface area contributed by atoms with Crippen LogP contribution in [0, 0.1) is 11.2 Å². The maximum Gasteiger partial charge on any atom is 0.147 e. The number of hydrogen-bond acceptors (Lipinski definition) is 4. The van der Waals surface area contributed by atoms with E-state index in [4.69, 9.17) is 15.9 Å². The Morgan fingerprint density at radius 2 is 2.15 bits per heavy atom. The zero-order valence-electron chi connectivity index (χ0n) is 11.5. The topological polar surface area (TPSA) is 82.6 Å². The fourth-order valence-corrected chi connectivity index (χ4v) is 2.42. The molecule has 1 heterocycles. The molecule has 1 aliphatic heterocycles. The van der Waals surface area contributed by atoms with E-state index in [1.807, 2.05) is 0 Å². The van der Waals surface area contributed by atoms with Crippen LogP contribution in [0.25, 0.3) is 0 Å². The Morgan fingerprint density at radius 3 is 2.70 bits per heavy atom. The van der Waals surface area contributed by atoms with Crippen molar-refractivity contribution in [2.45, 2.75) is 18.4 Å². The van der Waals surface area contributed by atoms with Crippen molar-refractivity contribution in [3.8, 4) is 0 Å². The van der Waals surface area contributed by atoms with E-state index in [1.54, 1.807) is 24.1 Å². The van der Waals surface area contributed by atoms with Gasteiger partial charge < -0.3 is 20.5 Å². The molecule has 0 aromatic heterocycles. The molecule has 0 saturated carbocycles. The number of hydrogen-bond donors (Lipinski definition) is 3. The molecule has 0 aliphatic carbocycles. The van der Waals surface area contributed by atoms with Crippen molar-refractivity contribution in [1.82, 2.24) is 0 Å². The minimum atomic E-state index is -0.849. The quantitative estimate of drug-likeness (QED) is 0.570. The number of aliphatic hydroxyl groups is 1. The standard InChI is InChI=1S/C14H20FN3O2/c1-18(9-14(19)4-6-20-7-5-14)12-3-2-10(13(16)17)8-11(12)15/h2-3,8,19H,4-7,9H2,1H3,(H3,16,17). The number of ether oxygens (including phenoxy) is 1. The summed E-state index contributed by atoms with van der Waals surface area (Å²) in [6, 6.07) is 4.42. The van der Waals surface area contributed by atoms with Gasteiger partial charge in [0.1, 0.15) is 11.7 Å². The van der Waals surface area contributed by atoms with Gasteiger partial charge in [-0.3, -0.25) is 5.41 Å². The molecule has 4 N–H and O–H groups in total. The number of nitrogens with one attached hydrogen (secondary N) is 1. The van der Waals surface area contributed by atoms with Crippen molar-refractivity contribution in [3.63, 3.8) is 0 Å². The highest BCUT2D eigenvalue weighted by atomic mass is 19.1. The smallest absolute Gasteiger partial charge is 0.147 e. The van der Waals surface area contributed by atoms with Gasteiger partial charge in [0.15, 0.2) is 0 Å². The lowest BCUT2D eigenvalue weighted by atomic mass is 9.93. The van der Waals surface area contributed by atoms with E-state index in [1.165, 1.54) is 6.07 Å². The highest BCUT2D eigenvalue weighted by molar-refractivity contribution is 5.95. The molecular formula is C14H20FN3O2. The largest absolute Gasteiger partial charge is 0.388 e. The Bertz CT molecular complexity index is 501. The number of benzene rings is 1. The van der Waals surface area contributed by atoms with E-state index in [0.29, 0.717) is 43.9 Å². The molecule has 0 unspecified atom stereocenters. The first-order valence-corrected chi connectivity index (χ1v) is 6.56. The molecule has 1 aromatic carbocycles. The van der Waals surface area contributed by atoms with Crippen molar-refractivity contribution in [3.05, 3.63) is 29.6 Å². The minimum absolute atomic E-state index is 0.166. The number of rotatable bonds is 4. The Morgan fingerprint density at radius 1 is 1.50 bits per heavy atom. The van der Waals surface area contributed by atoms with Crippen LogP contribution in [0.15, 0.2) is 18.2 Å².